The molecule has 27 heavy (non-hydrogen) atoms. The Kier molecular flexibility index (Phi) is 5.22. The predicted molar refractivity (Wildman–Crippen MR) is 103 cm³/mol. The number of aromatic amines is 1. The van der Waals surface area contributed by atoms with Crippen LogP contribution in [0.2, 0.25) is 0 Å². The Morgan fingerprint density at radius 1 is 1.33 bits per heavy atom. The lowest BCUT2D eigenvalue weighted by Gasteiger charge is -2.08. The minimum Gasteiger partial charge on any atom is -0.462 e. The number of allylic oxidation sites excluding steroid dienone is 1. The van der Waals surface area contributed by atoms with Crippen LogP contribution in [0.5, 0.6) is 0 Å². The Morgan fingerprint density at radius 3 is 2.89 bits per heavy atom. The number of aromatic nitrogens is 3. The fraction of sp³-hybridized carbons (Fsp3) is 0.167. The van der Waals surface area contributed by atoms with Crippen molar-refractivity contribution in [1.82, 2.24) is 15.0 Å². The lowest BCUT2D eigenvalue weighted by Crippen LogP contribution is -2.08. The molecular weight excluding hydrogens is 368 g/mol. The number of benzene rings is 1. The fourth-order valence-electron chi connectivity index (χ4n) is 2.66. The molecule has 0 aliphatic heterocycles. The summed E-state index contributed by atoms with van der Waals surface area (Å²) in [6.07, 6.45) is 4.34. The maximum Gasteiger partial charge on any atom is 0.340 e. The second kappa shape index (κ2) is 7.58. The molecule has 2 aromatic heterocycles. The van der Waals surface area contributed by atoms with E-state index in [1.807, 2.05) is 0 Å². The van der Waals surface area contributed by atoms with Gasteiger partial charge in [-0.15, -0.1) is 0 Å². The molecule has 0 atom stereocenters. The van der Waals surface area contributed by atoms with Gasteiger partial charge >= 0.3 is 5.97 Å². The van der Waals surface area contributed by atoms with Gasteiger partial charge in [-0.1, -0.05) is 18.2 Å². The molecule has 0 spiro atoms. The maximum atomic E-state index is 12.2. The summed E-state index contributed by atoms with van der Waals surface area (Å²) in [5.74, 6) is -0.482. The monoisotopic (exact) mass is 386 g/mol. The Labute approximate surface area is 156 Å². The van der Waals surface area contributed by atoms with E-state index in [4.69, 9.17) is 4.74 Å². The molecule has 0 saturated heterocycles. The van der Waals surface area contributed by atoms with E-state index in [2.05, 4.69) is 19.7 Å². The Bertz CT molecular complexity index is 1120. The van der Waals surface area contributed by atoms with Gasteiger partial charge in [0.25, 0.3) is 10.0 Å². The third-order valence-corrected chi connectivity index (χ3v) is 4.83. The second-order valence-corrected chi connectivity index (χ2v) is 7.13. The number of anilines is 1. The molecule has 2 N–H and O–H groups in total. The summed E-state index contributed by atoms with van der Waals surface area (Å²) in [4.78, 5) is 23.6. The molecule has 0 aliphatic carbocycles. The molecule has 140 valence electrons. The van der Waals surface area contributed by atoms with Crippen molar-refractivity contribution in [2.75, 3.05) is 11.3 Å². The van der Waals surface area contributed by atoms with Crippen LogP contribution < -0.4 is 4.72 Å². The molecule has 0 saturated carbocycles. The molecule has 0 aliphatic rings. The summed E-state index contributed by atoms with van der Waals surface area (Å²) in [5.41, 5.74) is 2.32. The third-order valence-electron chi connectivity index (χ3n) is 3.68. The number of ether oxygens (including phenoxy) is 1. The summed E-state index contributed by atoms with van der Waals surface area (Å²) in [6, 6.07) is 6.75. The van der Waals surface area contributed by atoms with Crippen LogP contribution in [0, 0.1) is 0 Å². The van der Waals surface area contributed by atoms with Gasteiger partial charge in [-0.2, -0.15) is 0 Å². The highest BCUT2D eigenvalue weighted by Gasteiger charge is 2.19. The second-order valence-electron chi connectivity index (χ2n) is 5.57. The normalized spacial score (nSPS) is 11.8. The van der Waals surface area contributed by atoms with Gasteiger partial charge in [0.2, 0.25) is 0 Å². The van der Waals surface area contributed by atoms with Gasteiger partial charge in [-0.05, 0) is 26.0 Å². The number of esters is 1. The molecule has 0 unspecified atom stereocenters. The maximum absolute atomic E-state index is 12.2. The van der Waals surface area contributed by atoms with E-state index in [0.717, 1.165) is 5.41 Å². The largest absolute Gasteiger partial charge is 0.462 e. The first kappa shape index (κ1) is 18.6. The average Bonchev–Trinajstić information content (AvgIpc) is 3.06. The van der Waals surface area contributed by atoms with Crippen molar-refractivity contribution >= 4 is 32.7 Å². The summed E-state index contributed by atoms with van der Waals surface area (Å²) in [6.45, 7) is 3.59. The predicted octanol–water partition coefficient (Wildman–Crippen LogP) is 3.08. The van der Waals surface area contributed by atoms with Crippen LogP contribution in [0.3, 0.4) is 0 Å². The van der Waals surface area contributed by atoms with Gasteiger partial charge in [0, 0.05) is 22.9 Å². The zero-order chi connectivity index (χ0) is 19.4. The van der Waals surface area contributed by atoms with Crippen LogP contribution in [-0.2, 0) is 14.8 Å². The highest BCUT2D eigenvalue weighted by atomic mass is 32.2. The molecule has 0 amide bonds. The number of hydrogen-bond donors (Lipinski definition) is 2. The minimum atomic E-state index is -3.59. The number of rotatable bonds is 6. The summed E-state index contributed by atoms with van der Waals surface area (Å²) < 4.78 is 31.4. The number of fused-ring (bicyclic) bond motifs is 1. The first-order valence-corrected chi connectivity index (χ1v) is 9.75. The van der Waals surface area contributed by atoms with Gasteiger partial charge in [0.15, 0.2) is 0 Å². The van der Waals surface area contributed by atoms with Crippen molar-refractivity contribution in [3.63, 3.8) is 0 Å². The van der Waals surface area contributed by atoms with Crippen LogP contribution in [0.15, 0.2) is 48.3 Å². The Hall–Kier alpha value is -3.20. The number of sulfonamides is 1. The van der Waals surface area contributed by atoms with E-state index in [1.165, 1.54) is 18.6 Å². The van der Waals surface area contributed by atoms with Crippen molar-refractivity contribution < 1.29 is 17.9 Å². The van der Waals surface area contributed by atoms with Gasteiger partial charge < -0.3 is 9.72 Å². The van der Waals surface area contributed by atoms with Crippen molar-refractivity contribution in [2.45, 2.75) is 13.8 Å². The van der Waals surface area contributed by atoms with E-state index >= 15 is 0 Å². The van der Waals surface area contributed by atoms with Gasteiger partial charge in [-0.3, -0.25) is 4.72 Å². The van der Waals surface area contributed by atoms with E-state index in [1.54, 1.807) is 38.1 Å². The molecule has 0 bridgehead atoms. The lowest BCUT2D eigenvalue weighted by molar-refractivity contribution is 0.0528. The number of carbonyl (C=O) groups is 1. The Balaban J connectivity index is 2.09. The van der Waals surface area contributed by atoms with Gasteiger partial charge in [0.1, 0.15) is 12.0 Å². The van der Waals surface area contributed by atoms with Crippen molar-refractivity contribution in [1.29, 1.82) is 0 Å². The summed E-state index contributed by atoms with van der Waals surface area (Å²) in [7, 11) is -3.59. The number of nitrogens with zero attached hydrogens (tertiary/aromatic N) is 2. The number of H-pyrrole nitrogens is 1. The van der Waals surface area contributed by atoms with Crippen LogP contribution >= 0.6 is 0 Å². The topological polar surface area (TPSA) is 114 Å². The molecule has 0 radical (unpaired) electrons. The smallest absolute Gasteiger partial charge is 0.340 e. The molecule has 1 aromatic carbocycles. The third kappa shape index (κ3) is 3.98. The van der Waals surface area contributed by atoms with Crippen LogP contribution in [0.1, 0.15) is 24.2 Å². The number of hydrogen-bond acceptors (Lipinski definition) is 6. The molecule has 3 rings (SSSR count). The molecule has 8 nitrogen and oxygen atoms in total. The standard InChI is InChI=1S/C18H18N4O4S/c1-3-8-27(24,25)22-13-7-5-6-12(9-13)16-15-14(18(23)26-4-2)10-19-17(15)21-11-20-16/h3,5-11,22H,4H2,1-2H3,(H,19,20,21)/b8-3+. The lowest BCUT2D eigenvalue weighted by atomic mass is 10.1. The highest BCUT2D eigenvalue weighted by Crippen LogP contribution is 2.30. The summed E-state index contributed by atoms with van der Waals surface area (Å²) >= 11 is 0. The zero-order valence-corrected chi connectivity index (χ0v) is 15.6. The van der Waals surface area contributed by atoms with Crippen molar-refractivity contribution in [2.24, 2.45) is 0 Å². The van der Waals surface area contributed by atoms with E-state index < -0.39 is 16.0 Å². The SMILES string of the molecule is C/C=C/S(=O)(=O)Nc1cccc(-c2ncnc3[nH]cc(C(=O)OCC)c23)c1. The zero-order valence-electron chi connectivity index (χ0n) is 14.8. The first-order valence-electron chi connectivity index (χ1n) is 8.20. The van der Waals surface area contributed by atoms with Crippen LogP contribution in [-0.4, -0.2) is 35.9 Å². The van der Waals surface area contributed by atoms with Crippen LogP contribution in [0.25, 0.3) is 22.3 Å². The van der Waals surface area contributed by atoms with Crippen LogP contribution in [0.4, 0.5) is 5.69 Å². The molecule has 0 fully saturated rings. The van der Waals surface area contributed by atoms with Gasteiger partial charge in [0.05, 0.1) is 23.3 Å². The van der Waals surface area contributed by atoms with Crippen molar-refractivity contribution in [3.05, 3.63) is 53.8 Å². The highest BCUT2D eigenvalue weighted by molar-refractivity contribution is 7.95. The van der Waals surface area contributed by atoms with E-state index in [-0.39, 0.29) is 6.61 Å². The first-order chi connectivity index (χ1) is 12.9. The van der Waals surface area contributed by atoms with E-state index in [9.17, 15) is 13.2 Å². The molecule has 2 heterocycles. The van der Waals surface area contributed by atoms with Crippen molar-refractivity contribution in [3.8, 4) is 11.3 Å². The molecular formula is C18H18N4O4S. The Morgan fingerprint density at radius 2 is 2.15 bits per heavy atom. The minimum absolute atomic E-state index is 0.247. The molecule has 3 aromatic rings. The van der Waals surface area contributed by atoms with Gasteiger partial charge in [-0.25, -0.2) is 23.2 Å². The number of nitrogens with one attached hydrogen (secondary N) is 2. The van der Waals surface area contributed by atoms with E-state index in [0.29, 0.717) is 33.5 Å². The molecule has 9 heteroatoms. The number of carbonyl (C=O) groups excluding carboxylic acids is 1. The quantitative estimate of drug-likeness (QED) is 0.629. The average molecular weight is 386 g/mol. The fourth-order valence-corrected chi connectivity index (χ4v) is 3.54. The summed E-state index contributed by atoms with van der Waals surface area (Å²) in [5, 5.41) is 1.59.